The first-order valence-corrected chi connectivity index (χ1v) is 5.78. The number of rotatable bonds is 3. The zero-order valence-electron chi connectivity index (χ0n) is 8.37. The van der Waals surface area contributed by atoms with E-state index < -0.39 is 0 Å². The third kappa shape index (κ3) is 2.20. The summed E-state index contributed by atoms with van der Waals surface area (Å²) in [7, 11) is 0. The first kappa shape index (κ1) is 11.0. The van der Waals surface area contributed by atoms with Crippen LogP contribution in [-0.2, 0) is 0 Å². The summed E-state index contributed by atoms with van der Waals surface area (Å²) in [5.74, 6) is 0. The molecular formula is C12H13Cl2N. The van der Waals surface area contributed by atoms with Crippen molar-refractivity contribution in [1.82, 2.24) is 4.90 Å². The second-order valence-electron chi connectivity index (χ2n) is 3.75. The summed E-state index contributed by atoms with van der Waals surface area (Å²) in [5, 5.41) is 0.964. The molecule has 0 amide bonds. The zero-order chi connectivity index (χ0) is 10.8. The first-order chi connectivity index (χ1) is 7.22. The molecule has 0 spiro atoms. The Kier molecular flexibility index (Phi) is 3.35. The lowest BCUT2D eigenvalue weighted by atomic mass is 9.94. The van der Waals surface area contributed by atoms with Gasteiger partial charge in [-0.3, -0.25) is 4.90 Å². The molecule has 0 saturated carbocycles. The highest BCUT2D eigenvalue weighted by molar-refractivity contribution is 6.30. The third-order valence-electron chi connectivity index (χ3n) is 2.72. The molecule has 0 bridgehead atoms. The highest BCUT2D eigenvalue weighted by Gasteiger charge is 2.37. The molecule has 1 fully saturated rings. The maximum atomic E-state index is 6.21. The van der Waals surface area contributed by atoms with E-state index in [2.05, 4.69) is 11.5 Å². The summed E-state index contributed by atoms with van der Waals surface area (Å²) in [6.45, 7) is 5.56. The van der Waals surface area contributed by atoms with Crippen LogP contribution in [0, 0.1) is 0 Å². The molecule has 1 aromatic rings. The summed E-state index contributed by atoms with van der Waals surface area (Å²) in [6, 6.07) is 8.20. The Labute approximate surface area is 100 Å². The van der Waals surface area contributed by atoms with Gasteiger partial charge in [0, 0.05) is 18.1 Å². The molecule has 0 radical (unpaired) electrons. The molecule has 1 aliphatic rings. The fraction of sp³-hybridized carbons (Fsp3) is 0.333. The molecule has 80 valence electrons. The van der Waals surface area contributed by atoms with Crippen molar-refractivity contribution in [1.29, 1.82) is 0 Å². The van der Waals surface area contributed by atoms with Gasteiger partial charge in [-0.25, -0.2) is 0 Å². The number of halogens is 2. The quantitative estimate of drug-likeness (QED) is 0.579. The van der Waals surface area contributed by atoms with Gasteiger partial charge in [-0.05, 0) is 17.7 Å². The van der Waals surface area contributed by atoms with Gasteiger partial charge in [-0.2, -0.15) is 0 Å². The molecule has 0 N–H and O–H groups in total. The van der Waals surface area contributed by atoms with E-state index in [1.54, 1.807) is 0 Å². The molecular weight excluding hydrogens is 229 g/mol. The number of benzene rings is 1. The highest BCUT2D eigenvalue weighted by Crippen LogP contribution is 2.37. The van der Waals surface area contributed by atoms with Crippen molar-refractivity contribution in [3.63, 3.8) is 0 Å². The average Bonchev–Trinajstić information content (AvgIpc) is 2.21. The average molecular weight is 242 g/mol. The largest absolute Gasteiger partial charge is 0.290 e. The van der Waals surface area contributed by atoms with Gasteiger partial charge in [-0.1, -0.05) is 29.8 Å². The molecule has 2 atom stereocenters. The lowest BCUT2D eigenvalue weighted by Gasteiger charge is -2.45. The van der Waals surface area contributed by atoms with E-state index in [4.69, 9.17) is 23.2 Å². The molecule has 1 aliphatic heterocycles. The molecule has 1 heterocycles. The Hall–Kier alpha value is -0.500. The van der Waals surface area contributed by atoms with Crippen LogP contribution < -0.4 is 0 Å². The van der Waals surface area contributed by atoms with Crippen LogP contribution in [-0.4, -0.2) is 23.4 Å². The summed E-state index contributed by atoms with van der Waals surface area (Å²) in [5.41, 5.74) is 1.23. The standard InChI is InChI=1S/C12H13Cl2N/c1-2-7-15-8-11(14)12(15)9-3-5-10(13)6-4-9/h2-6,11-12H,1,7-8H2/t11-,12+/m1/s1. The van der Waals surface area contributed by atoms with Gasteiger partial charge in [0.25, 0.3) is 0 Å². The van der Waals surface area contributed by atoms with Crippen molar-refractivity contribution < 1.29 is 0 Å². The normalized spacial score (nSPS) is 26.0. The third-order valence-corrected chi connectivity index (χ3v) is 3.35. The minimum absolute atomic E-state index is 0.200. The van der Waals surface area contributed by atoms with Crippen molar-refractivity contribution in [3.05, 3.63) is 47.5 Å². The van der Waals surface area contributed by atoms with Crippen LogP contribution in [0.3, 0.4) is 0 Å². The van der Waals surface area contributed by atoms with E-state index in [1.807, 2.05) is 30.3 Å². The summed E-state index contributed by atoms with van der Waals surface area (Å²) < 4.78 is 0. The van der Waals surface area contributed by atoms with Gasteiger partial charge in [0.2, 0.25) is 0 Å². The second-order valence-corrected chi connectivity index (χ2v) is 4.75. The number of alkyl halides is 1. The van der Waals surface area contributed by atoms with E-state index in [-0.39, 0.29) is 5.38 Å². The number of hydrogen-bond donors (Lipinski definition) is 0. The molecule has 1 nitrogen and oxygen atoms in total. The van der Waals surface area contributed by atoms with Gasteiger partial charge in [0.15, 0.2) is 0 Å². The predicted molar refractivity (Wildman–Crippen MR) is 65.6 cm³/mol. The Bertz CT molecular complexity index is 347. The predicted octanol–water partition coefficient (Wildman–Crippen LogP) is 3.49. The fourth-order valence-electron chi connectivity index (χ4n) is 1.96. The second kappa shape index (κ2) is 4.56. The van der Waals surface area contributed by atoms with Gasteiger partial charge in [0.1, 0.15) is 0 Å². The highest BCUT2D eigenvalue weighted by atomic mass is 35.5. The summed E-state index contributed by atoms with van der Waals surface area (Å²) in [4.78, 5) is 2.30. The first-order valence-electron chi connectivity index (χ1n) is 4.97. The van der Waals surface area contributed by atoms with Crippen molar-refractivity contribution in [2.24, 2.45) is 0 Å². The van der Waals surface area contributed by atoms with E-state index >= 15 is 0 Å². The van der Waals surface area contributed by atoms with Gasteiger partial charge in [-0.15, -0.1) is 18.2 Å². The van der Waals surface area contributed by atoms with Crippen molar-refractivity contribution in [2.75, 3.05) is 13.1 Å². The van der Waals surface area contributed by atoms with Gasteiger partial charge >= 0.3 is 0 Å². The molecule has 0 aliphatic carbocycles. The monoisotopic (exact) mass is 241 g/mol. The van der Waals surface area contributed by atoms with Crippen LogP contribution in [0.1, 0.15) is 11.6 Å². The minimum atomic E-state index is 0.200. The summed E-state index contributed by atoms with van der Waals surface area (Å²) >= 11 is 12.1. The lowest BCUT2D eigenvalue weighted by molar-refractivity contribution is 0.113. The molecule has 0 aromatic heterocycles. The van der Waals surface area contributed by atoms with Crippen molar-refractivity contribution >= 4 is 23.2 Å². The van der Waals surface area contributed by atoms with Crippen molar-refractivity contribution in [2.45, 2.75) is 11.4 Å². The topological polar surface area (TPSA) is 3.24 Å². The maximum Gasteiger partial charge on any atom is 0.0660 e. The maximum absolute atomic E-state index is 6.21. The van der Waals surface area contributed by atoms with E-state index in [0.717, 1.165) is 18.1 Å². The molecule has 15 heavy (non-hydrogen) atoms. The zero-order valence-corrected chi connectivity index (χ0v) is 9.88. The van der Waals surface area contributed by atoms with Crippen molar-refractivity contribution in [3.8, 4) is 0 Å². The molecule has 3 heteroatoms. The molecule has 1 aromatic carbocycles. The Balaban J connectivity index is 2.14. The van der Waals surface area contributed by atoms with E-state index in [9.17, 15) is 0 Å². The number of likely N-dealkylation sites (tertiary alicyclic amines) is 1. The summed E-state index contributed by atoms with van der Waals surface area (Å²) in [6.07, 6.45) is 1.91. The molecule has 2 rings (SSSR count). The Morgan fingerprint density at radius 3 is 2.60 bits per heavy atom. The van der Waals surface area contributed by atoms with Gasteiger partial charge in [0.05, 0.1) is 11.4 Å². The van der Waals surface area contributed by atoms with Crippen LogP contribution in [0.15, 0.2) is 36.9 Å². The van der Waals surface area contributed by atoms with Crippen LogP contribution in [0.4, 0.5) is 0 Å². The SMILES string of the molecule is C=CCN1C[C@@H](Cl)[C@@H]1c1ccc(Cl)cc1. The van der Waals surface area contributed by atoms with Crippen LogP contribution in [0.25, 0.3) is 0 Å². The Morgan fingerprint density at radius 2 is 2.07 bits per heavy atom. The van der Waals surface area contributed by atoms with E-state index in [0.29, 0.717) is 6.04 Å². The fourth-order valence-corrected chi connectivity index (χ4v) is 2.57. The smallest absolute Gasteiger partial charge is 0.0660 e. The number of hydrogen-bond acceptors (Lipinski definition) is 1. The molecule has 1 saturated heterocycles. The molecule has 0 unspecified atom stereocenters. The lowest BCUT2D eigenvalue weighted by Crippen LogP contribution is -2.50. The van der Waals surface area contributed by atoms with Crippen LogP contribution in [0.5, 0.6) is 0 Å². The van der Waals surface area contributed by atoms with E-state index in [1.165, 1.54) is 5.56 Å². The van der Waals surface area contributed by atoms with Crippen LogP contribution >= 0.6 is 23.2 Å². The minimum Gasteiger partial charge on any atom is -0.290 e. The van der Waals surface area contributed by atoms with Gasteiger partial charge < -0.3 is 0 Å². The van der Waals surface area contributed by atoms with Crippen LogP contribution in [0.2, 0.25) is 5.02 Å². The number of nitrogens with zero attached hydrogens (tertiary/aromatic N) is 1. The Morgan fingerprint density at radius 1 is 1.40 bits per heavy atom.